The van der Waals surface area contributed by atoms with Crippen LogP contribution < -0.4 is 4.74 Å². The zero-order valence-electron chi connectivity index (χ0n) is 18.2. The molecule has 0 aliphatic carbocycles. The molecule has 1 heterocycles. The van der Waals surface area contributed by atoms with Crippen molar-refractivity contribution in [3.63, 3.8) is 0 Å². The lowest BCUT2D eigenvalue weighted by molar-refractivity contribution is -0.145. The minimum atomic E-state index is -4.32. The van der Waals surface area contributed by atoms with Gasteiger partial charge in [-0.3, -0.25) is 0 Å². The molecule has 0 fully saturated rings. The Bertz CT molecular complexity index is 1090. The summed E-state index contributed by atoms with van der Waals surface area (Å²) in [4.78, 5) is 13.7. The fourth-order valence-electron chi connectivity index (χ4n) is 3.32. The van der Waals surface area contributed by atoms with E-state index >= 15 is 0 Å². The van der Waals surface area contributed by atoms with Gasteiger partial charge in [-0.15, -0.1) is 23.1 Å². The highest BCUT2D eigenvalue weighted by atomic mass is 32.2. The van der Waals surface area contributed by atoms with Crippen LogP contribution in [-0.4, -0.2) is 24.9 Å². The van der Waals surface area contributed by atoms with Crippen LogP contribution in [-0.2, 0) is 22.1 Å². The molecular weight excluding hydrogens is 457 g/mol. The lowest BCUT2D eigenvalue weighted by atomic mass is 10.1. The smallest absolute Gasteiger partial charge is 0.416 e. The summed E-state index contributed by atoms with van der Waals surface area (Å²) in [5.74, 6) is 1.15. The molecule has 0 spiro atoms. The number of benzene rings is 2. The fourth-order valence-corrected chi connectivity index (χ4v) is 5.50. The number of esters is 1. The van der Waals surface area contributed by atoms with Crippen molar-refractivity contribution in [2.24, 2.45) is 0 Å². The van der Waals surface area contributed by atoms with Crippen LogP contribution in [0, 0.1) is 13.8 Å². The Hall–Kier alpha value is -2.19. The van der Waals surface area contributed by atoms with Crippen molar-refractivity contribution in [1.82, 2.24) is 0 Å². The first-order chi connectivity index (χ1) is 15.2. The Morgan fingerprint density at radius 3 is 2.59 bits per heavy atom. The SMILES string of the molecule is CCOC(=O)COc1ccc(SCCCc2sc3ccc(C(F)(F)F)cc3c2C)cc1C. The summed E-state index contributed by atoms with van der Waals surface area (Å²) in [5, 5.41) is 0.696. The van der Waals surface area contributed by atoms with E-state index in [-0.39, 0.29) is 6.61 Å². The molecule has 2 aromatic carbocycles. The summed E-state index contributed by atoms with van der Waals surface area (Å²) in [5.41, 5.74) is 1.29. The van der Waals surface area contributed by atoms with Crippen molar-refractivity contribution in [3.8, 4) is 5.75 Å². The molecule has 8 heteroatoms. The first kappa shape index (κ1) is 24.5. The van der Waals surface area contributed by atoms with Crippen LogP contribution >= 0.6 is 23.1 Å². The molecule has 1 aromatic heterocycles. The van der Waals surface area contributed by atoms with Crippen LogP contribution in [0.2, 0.25) is 0 Å². The zero-order valence-corrected chi connectivity index (χ0v) is 19.8. The van der Waals surface area contributed by atoms with Gasteiger partial charge >= 0.3 is 12.1 Å². The molecule has 0 unspecified atom stereocenters. The molecule has 3 rings (SSSR count). The third-order valence-electron chi connectivity index (χ3n) is 4.98. The normalized spacial score (nSPS) is 11.7. The molecule has 0 saturated heterocycles. The highest BCUT2D eigenvalue weighted by Crippen LogP contribution is 2.37. The fraction of sp³-hybridized carbons (Fsp3) is 0.375. The molecule has 0 atom stereocenters. The van der Waals surface area contributed by atoms with E-state index in [1.807, 2.05) is 32.0 Å². The molecule has 0 bridgehead atoms. The van der Waals surface area contributed by atoms with E-state index in [1.165, 1.54) is 6.07 Å². The van der Waals surface area contributed by atoms with E-state index in [0.29, 0.717) is 17.7 Å². The molecule has 0 N–H and O–H groups in total. The minimum absolute atomic E-state index is 0.111. The minimum Gasteiger partial charge on any atom is -0.482 e. The van der Waals surface area contributed by atoms with Gasteiger partial charge in [-0.2, -0.15) is 13.2 Å². The summed E-state index contributed by atoms with van der Waals surface area (Å²) in [7, 11) is 0. The number of thiophene rings is 1. The van der Waals surface area contributed by atoms with E-state index in [2.05, 4.69) is 0 Å². The Morgan fingerprint density at radius 2 is 1.91 bits per heavy atom. The number of carbonyl (C=O) groups is 1. The molecule has 0 radical (unpaired) electrons. The van der Waals surface area contributed by atoms with Crippen molar-refractivity contribution in [2.45, 2.75) is 44.7 Å². The van der Waals surface area contributed by atoms with Gasteiger partial charge in [-0.1, -0.05) is 0 Å². The molecule has 32 heavy (non-hydrogen) atoms. The summed E-state index contributed by atoms with van der Waals surface area (Å²) >= 11 is 3.30. The van der Waals surface area contributed by atoms with Crippen LogP contribution in [0.1, 0.15) is 34.9 Å². The maximum atomic E-state index is 13.0. The van der Waals surface area contributed by atoms with Crippen LogP contribution in [0.3, 0.4) is 0 Å². The molecule has 172 valence electrons. The number of halogens is 3. The molecule has 0 aliphatic heterocycles. The van der Waals surface area contributed by atoms with Gasteiger partial charge in [0, 0.05) is 14.5 Å². The Kier molecular flexibility index (Phi) is 8.11. The number of alkyl halides is 3. The van der Waals surface area contributed by atoms with Gasteiger partial charge < -0.3 is 9.47 Å². The van der Waals surface area contributed by atoms with E-state index in [1.54, 1.807) is 36.1 Å². The number of ether oxygens (including phenoxy) is 2. The van der Waals surface area contributed by atoms with Crippen molar-refractivity contribution in [3.05, 3.63) is 58.0 Å². The number of fused-ring (bicyclic) bond motifs is 1. The first-order valence-electron chi connectivity index (χ1n) is 10.3. The number of aryl methyl sites for hydroxylation is 3. The Labute approximate surface area is 193 Å². The number of rotatable bonds is 9. The average Bonchev–Trinajstić information content (AvgIpc) is 3.05. The maximum absolute atomic E-state index is 13.0. The standard InChI is InChI=1S/C24H25F3O3S2/c1-4-29-23(28)14-30-20-9-8-18(12-15(20)2)31-11-5-6-21-16(3)19-13-17(24(25,26)27)7-10-22(19)32-21/h7-10,12-13H,4-6,11,14H2,1-3H3. The van der Waals surface area contributed by atoms with Crippen LogP contribution in [0.4, 0.5) is 13.2 Å². The topological polar surface area (TPSA) is 35.5 Å². The van der Waals surface area contributed by atoms with Crippen LogP contribution in [0.15, 0.2) is 41.3 Å². The summed E-state index contributed by atoms with van der Waals surface area (Å²) < 4.78 is 50.3. The second-order valence-electron chi connectivity index (χ2n) is 7.33. The second-order valence-corrected chi connectivity index (χ2v) is 9.64. The number of hydrogen-bond acceptors (Lipinski definition) is 5. The third-order valence-corrected chi connectivity index (χ3v) is 7.39. The van der Waals surface area contributed by atoms with Gasteiger partial charge in [0.1, 0.15) is 5.75 Å². The molecule has 0 amide bonds. The van der Waals surface area contributed by atoms with Crippen molar-refractivity contribution >= 4 is 39.2 Å². The van der Waals surface area contributed by atoms with Gasteiger partial charge in [0.05, 0.1) is 12.2 Å². The zero-order chi connectivity index (χ0) is 23.3. The molecule has 0 saturated carbocycles. The first-order valence-corrected chi connectivity index (χ1v) is 12.1. The number of thioether (sulfide) groups is 1. The van der Waals surface area contributed by atoms with Crippen molar-refractivity contribution < 1.29 is 27.4 Å². The van der Waals surface area contributed by atoms with Crippen LogP contribution in [0.25, 0.3) is 10.1 Å². The van der Waals surface area contributed by atoms with Crippen molar-refractivity contribution in [2.75, 3.05) is 19.0 Å². The molecular formula is C24H25F3O3S2. The van der Waals surface area contributed by atoms with Gasteiger partial charge in [0.2, 0.25) is 0 Å². The summed E-state index contributed by atoms with van der Waals surface area (Å²) in [6.07, 6.45) is -2.57. The predicted molar refractivity (Wildman–Crippen MR) is 124 cm³/mol. The summed E-state index contributed by atoms with van der Waals surface area (Å²) in [6.45, 7) is 5.80. The van der Waals surface area contributed by atoms with E-state index < -0.39 is 17.7 Å². The molecule has 3 nitrogen and oxygen atoms in total. The lowest BCUT2D eigenvalue weighted by Crippen LogP contribution is -2.14. The predicted octanol–water partition coefficient (Wildman–Crippen LogP) is 7.20. The molecule has 3 aromatic rings. The quantitative estimate of drug-likeness (QED) is 0.183. The van der Waals surface area contributed by atoms with Gasteiger partial charge in [-0.25, -0.2) is 4.79 Å². The van der Waals surface area contributed by atoms with Gasteiger partial charge in [0.25, 0.3) is 0 Å². The van der Waals surface area contributed by atoms with E-state index in [0.717, 1.165) is 50.3 Å². The van der Waals surface area contributed by atoms with E-state index in [4.69, 9.17) is 9.47 Å². The molecule has 0 aliphatic rings. The Morgan fingerprint density at radius 1 is 1.12 bits per heavy atom. The maximum Gasteiger partial charge on any atom is 0.416 e. The number of hydrogen-bond donors (Lipinski definition) is 0. The lowest BCUT2D eigenvalue weighted by Gasteiger charge is -2.10. The third kappa shape index (κ3) is 6.19. The van der Waals surface area contributed by atoms with Gasteiger partial charge in [0.15, 0.2) is 6.61 Å². The van der Waals surface area contributed by atoms with Crippen LogP contribution in [0.5, 0.6) is 5.75 Å². The highest BCUT2D eigenvalue weighted by molar-refractivity contribution is 7.99. The number of carbonyl (C=O) groups excluding carboxylic acids is 1. The largest absolute Gasteiger partial charge is 0.482 e. The second kappa shape index (κ2) is 10.6. The van der Waals surface area contributed by atoms with Gasteiger partial charge in [-0.05, 0) is 92.3 Å². The highest BCUT2D eigenvalue weighted by Gasteiger charge is 2.30. The average molecular weight is 483 g/mol. The summed E-state index contributed by atoms with van der Waals surface area (Å²) in [6, 6.07) is 9.82. The Balaban J connectivity index is 1.54. The monoisotopic (exact) mass is 482 g/mol. The van der Waals surface area contributed by atoms with E-state index in [9.17, 15) is 18.0 Å². The van der Waals surface area contributed by atoms with Crippen molar-refractivity contribution in [1.29, 1.82) is 0 Å².